The number of nitrogens with zero attached hydrogens (tertiary/aromatic N) is 2. The molecule has 136 valence electrons. The summed E-state index contributed by atoms with van der Waals surface area (Å²) in [6.45, 7) is 11.8. The molecule has 0 atom stereocenters. The predicted octanol–water partition coefficient (Wildman–Crippen LogP) is 0.674. The first-order chi connectivity index (χ1) is 10.6. The number of likely N-dealkylation sites (N-methyl/N-ethyl adjacent to an activating group) is 2. The number of aliphatic hydroxyl groups is 2. The molecule has 0 aromatic rings. The minimum absolute atomic E-state index is 0.224. The molecule has 0 bridgehead atoms. The Morgan fingerprint density at radius 2 is 1.18 bits per heavy atom. The maximum atomic E-state index is 8.48. The molecule has 22 heavy (non-hydrogen) atoms. The Kier molecular flexibility index (Phi) is 22.7. The van der Waals surface area contributed by atoms with E-state index in [2.05, 4.69) is 23.6 Å². The van der Waals surface area contributed by atoms with E-state index < -0.39 is 0 Å². The van der Waals surface area contributed by atoms with Crippen LogP contribution in [0.1, 0.15) is 26.7 Å². The Hall–Kier alpha value is -0.240. The summed E-state index contributed by atoms with van der Waals surface area (Å²) in [5, 5.41) is 16.9. The summed E-state index contributed by atoms with van der Waals surface area (Å²) in [4.78, 5) is 4.39. The van der Waals surface area contributed by atoms with Gasteiger partial charge in [-0.1, -0.05) is 13.8 Å². The lowest BCUT2D eigenvalue weighted by Crippen LogP contribution is -2.27. The van der Waals surface area contributed by atoms with Crippen molar-refractivity contribution in [3.8, 4) is 0 Å². The Balaban J connectivity index is 0. The lowest BCUT2D eigenvalue weighted by atomic mass is 10.5. The van der Waals surface area contributed by atoms with Crippen LogP contribution in [-0.4, -0.2) is 99.9 Å². The van der Waals surface area contributed by atoms with Crippen LogP contribution in [0.25, 0.3) is 0 Å². The molecule has 0 amide bonds. The molecular formula is C16H38N2O4. The smallest absolute Gasteiger partial charge is 0.0593 e. The lowest BCUT2D eigenvalue weighted by molar-refractivity contribution is 0.0944. The standard InChI is InChI=1S/C9H21NO2.C7H17NO2/c1-3-10(4-2)6-9-12-8-5-7-11;1-8(2)4-7-10-6-3-5-9/h11H,3-9H2,1-2H3;9H,3-7H2,1-2H3. The van der Waals surface area contributed by atoms with Gasteiger partial charge < -0.3 is 29.5 Å². The van der Waals surface area contributed by atoms with E-state index in [4.69, 9.17) is 19.7 Å². The van der Waals surface area contributed by atoms with E-state index in [0.29, 0.717) is 13.2 Å². The van der Waals surface area contributed by atoms with Crippen molar-refractivity contribution in [2.24, 2.45) is 0 Å². The second-order valence-electron chi connectivity index (χ2n) is 5.21. The first kappa shape index (κ1) is 24.0. The van der Waals surface area contributed by atoms with Gasteiger partial charge in [0.1, 0.15) is 0 Å². The molecule has 6 nitrogen and oxygen atoms in total. The molecule has 0 saturated carbocycles. The van der Waals surface area contributed by atoms with Crippen molar-refractivity contribution >= 4 is 0 Å². The zero-order valence-electron chi connectivity index (χ0n) is 15.1. The quantitative estimate of drug-likeness (QED) is 0.458. The van der Waals surface area contributed by atoms with Crippen LogP contribution in [0.15, 0.2) is 0 Å². The number of hydrogen-bond donors (Lipinski definition) is 2. The van der Waals surface area contributed by atoms with Gasteiger partial charge in [-0.25, -0.2) is 0 Å². The molecule has 0 fully saturated rings. The van der Waals surface area contributed by atoms with E-state index in [0.717, 1.165) is 52.2 Å². The Morgan fingerprint density at radius 3 is 1.55 bits per heavy atom. The van der Waals surface area contributed by atoms with Crippen LogP contribution in [0.5, 0.6) is 0 Å². The van der Waals surface area contributed by atoms with Crippen LogP contribution in [0.2, 0.25) is 0 Å². The van der Waals surface area contributed by atoms with E-state index in [1.807, 2.05) is 14.1 Å². The van der Waals surface area contributed by atoms with Crippen molar-refractivity contribution in [3.63, 3.8) is 0 Å². The van der Waals surface area contributed by atoms with Crippen LogP contribution < -0.4 is 0 Å². The molecule has 0 radical (unpaired) electrons. The third-order valence-electron chi connectivity index (χ3n) is 3.02. The number of rotatable bonds is 14. The molecule has 0 heterocycles. The molecule has 0 aromatic heterocycles. The highest BCUT2D eigenvalue weighted by Crippen LogP contribution is 1.87. The van der Waals surface area contributed by atoms with Gasteiger partial charge in [0.2, 0.25) is 0 Å². The Labute approximate surface area is 137 Å². The molecular weight excluding hydrogens is 284 g/mol. The molecule has 0 rings (SSSR count). The first-order valence-corrected chi connectivity index (χ1v) is 8.36. The second-order valence-corrected chi connectivity index (χ2v) is 5.21. The van der Waals surface area contributed by atoms with Crippen LogP contribution in [0.4, 0.5) is 0 Å². The van der Waals surface area contributed by atoms with Crippen molar-refractivity contribution in [3.05, 3.63) is 0 Å². The SMILES string of the molecule is CCN(CC)CCOCCCO.CN(C)CCOCCCO. The van der Waals surface area contributed by atoms with Crippen molar-refractivity contribution in [1.82, 2.24) is 9.80 Å². The molecule has 0 aliphatic heterocycles. The number of aliphatic hydroxyl groups excluding tert-OH is 2. The van der Waals surface area contributed by atoms with Crippen molar-refractivity contribution < 1.29 is 19.7 Å². The summed E-state index contributed by atoms with van der Waals surface area (Å²) in [7, 11) is 4.02. The van der Waals surface area contributed by atoms with E-state index in [1.54, 1.807) is 0 Å². The van der Waals surface area contributed by atoms with Crippen molar-refractivity contribution in [2.45, 2.75) is 26.7 Å². The van der Waals surface area contributed by atoms with E-state index in [1.165, 1.54) is 0 Å². The zero-order chi connectivity index (χ0) is 17.1. The normalized spacial score (nSPS) is 10.9. The van der Waals surface area contributed by atoms with Gasteiger partial charge in [-0.15, -0.1) is 0 Å². The fraction of sp³-hybridized carbons (Fsp3) is 1.00. The largest absolute Gasteiger partial charge is 0.396 e. The van der Waals surface area contributed by atoms with Gasteiger partial charge in [-0.2, -0.15) is 0 Å². The molecule has 0 aliphatic carbocycles. The third kappa shape index (κ3) is 22.0. The van der Waals surface area contributed by atoms with Crippen molar-refractivity contribution in [1.29, 1.82) is 0 Å². The number of hydrogen-bond acceptors (Lipinski definition) is 6. The summed E-state index contributed by atoms with van der Waals surface area (Å²) < 4.78 is 10.5. The summed E-state index contributed by atoms with van der Waals surface area (Å²) in [5.41, 5.74) is 0. The third-order valence-corrected chi connectivity index (χ3v) is 3.02. The highest BCUT2D eigenvalue weighted by molar-refractivity contribution is 4.50. The van der Waals surface area contributed by atoms with E-state index >= 15 is 0 Å². The number of ether oxygens (including phenoxy) is 2. The Bertz CT molecular complexity index is 191. The predicted molar refractivity (Wildman–Crippen MR) is 91.4 cm³/mol. The van der Waals surface area contributed by atoms with Gasteiger partial charge in [0.25, 0.3) is 0 Å². The monoisotopic (exact) mass is 322 g/mol. The molecule has 0 saturated heterocycles. The molecule has 2 N–H and O–H groups in total. The molecule has 6 heteroatoms. The average molecular weight is 322 g/mol. The summed E-state index contributed by atoms with van der Waals surface area (Å²) in [5.74, 6) is 0. The van der Waals surface area contributed by atoms with Gasteiger partial charge >= 0.3 is 0 Å². The van der Waals surface area contributed by atoms with Crippen LogP contribution in [0, 0.1) is 0 Å². The van der Waals surface area contributed by atoms with E-state index in [-0.39, 0.29) is 13.2 Å². The molecule has 0 aliphatic rings. The molecule has 0 aromatic carbocycles. The van der Waals surface area contributed by atoms with Gasteiger partial charge in [0, 0.05) is 39.5 Å². The molecule has 0 unspecified atom stereocenters. The zero-order valence-corrected chi connectivity index (χ0v) is 15.1. The maximum Gasteiger partial charge on any atom is 0.0593 e. The minimum atomic E-state index is 0.224. The fourth-order valence-corrected chi connectivity index (χ4v) is 1.52. The van der Waals surface area contributed by atoms with Crippen LogP contribution in [-0.2, 0) is 9.47 Å². The lowest BCUT2D eigenvalue weighted by Gasteiger charge is -2.17. The van der Waals surface area contributed by atoms with Gasteiger partial charge in [0.15, 0.2) is 0 Å². The molecule has 0 spiro atoms. The maximum absolute atomic E-state index is 8.48. The highest BCUT2D eigenvalue weighted by atomic mass is 16.5. The first-order valence-electron chi connectivity index (χ1n) is 8.36. The minimum Gasteiger partial charge on any atom is -0.396 e. The van der Waals surface area contributed by atoms with Crippen LogP contribution >= 0.6 is 0 Å². The highest BCUT2D eigenvalue weighted by Gasteiger charge is 1.97. The summed E-state index contributed by atoms with van der Waals surface area (Å²) >= 11 is 0. The van der Waals surface area contributed by atoms with Gasteiger partial charge in [-0.05, 0) is 40.0 Å². The topological polar surface area (TPSA) is 65.4 Å². The van der Waals surface area contributed by atoms with Gasteiger partial charge in [0.05, 0.1) is 13.2 Å². The van der Waals surface area contributed by atoms with Crippen LogP contribution in [0.3, 0.4) is 0 Å². The average Bonchev–Trinajstić information content (AvgIpc) is 2.51. The fourth-order valence-electron chi connectivity index (χ4n) is 1.52. The summed E-state index contributed by atoms with van der Waals surface area (Å²) in [6, 6.07) is 0. The second kappa shape index (κ2) is 20.8. The summed E-state index contributed by atoms with van der Waals surface area (Å²) in [6.07, 6.45) is 1.49. The van der Waals surface area contributed by atoms with Gasteiger partial charge in [-0.3, -0.25) is 0 Å². The van der Waals surface area contributed by atoms with E-state index in [9.17, 15) is 0 Å². The Morgan fingerprint density at radius 1 is 0.727 bits per heavy atom. The van der Waals surface area contributed by atoms with Crippen molar-refractivity contribution in [2.75, 3.05) is 79.9 Å².